The number of anilines is 1. The number of carbonyl (C=O) groups excluding carboxylic acids is 1. The second kappa shape index (κ2) is 7.51. The van der Waals surface area contributed by atoms with Crippen LogP contribution >= 0.6 is 23.1 Å². The van der Waals surface area contributed by atoms with Gasteiger partial charge in [0.15, 0.2) is 0 Å². The predicted octanol–water partition coefficient (Wildman–Crippen LogP) is 3.61. The van der Waals surface area contributed by atoms with E-state index in [9.17, 15) is 9.18 Å². The molecule has 1 aromatic carbocycles. The molecule has 0 saturated heterocycles. The van der Waals surface area contributed by atoms with Gasteiger partial charge in [0, 0.05) is 11.3 Å². The lowest BCUT2D eigenvalue weighted by atomic mass is 10.1. The standard InChI is InChI=1S/C14H16FN3OS2/c1-9(2)7-13-17-18-14(21-13)16-12(19)8-20-11-5-3-10(15)4-6-11/h3-6,9H,7-8H2,1-2H3,(H,16,18,19). The fourth-order valence-corrected chi connectivity index (χ4v) is 3.24. The minimum atomic E-state index is -0.282. The summed E-state index contributed by atoms with van der Waals surface area (Å²) in [6, 6.07) is 6.06. The van der Waals surface area contributed by atoms with Gasteiger partial charge in [-0.2, -0.15) is 0 Å². The summed E-state index contributed by atoms with van der Waals surface area (Å²) in [5, 5.41) is 12.2. The molecule has 1 amide bonds. The van der Waals surface area contributed by atoms with Crippen molar-refractivity contribution in [2.45, 2.75) is 25.2 Å². The molecule has 0 radical (unpaired) electrons. The highest BCUT2D eigenvalue weighted by molar-refractivity contribution is 8.00. The SMILES string of the molecule is CC(C)Cc1nnc(NC(=O)CSc2ccc(F)cc2)s1. The van der Waals surface area contributed by atoms with Gasteiger partial charge in [0.05, 0.1) is 5.75 Å². The highest BCUT2D eigenvalue weighted by Gasteiger charge is 2.09. The van der Waals surface area contributed by atoms with Crippen LogP contribution in [0.2, 0.25) is 0 Å². The molecule has 0 aliphatic carbocycles. The number of halogens is 1. The molecule has 0 fully saturated rings. The molecule has 0 saturated carbocycles. The summed E-state index contributed by atoms with van der Waals surface area (Å²) >= 11 is 2.75. The maximum absolute atomic E-state index is 12.8. The Balaban J connectivity index is 1.81. The van der Waals surface area contributed by atoms with Gasteiger partial charge in [-0.05, 0) is 30.2 Å². The number of rotatable bonds is 6. The Kier molecular flexibility index (Phi) is 5.69. The zero-order valence-corrected chi connectivity index (χ0v) is 13.4. The van der Waals surface area contributed by atoms with Crippen LogP contribution < -0.4 is 5.32 Å². The van der Waals surface area contributed by atoms with Crippen LogP contribution in [-0.2, 0) is 11.2 Å². The number of benzene rings is 1. The van der Waals surface area contributed by atoms with Crippen molar-refractivity contribution >= 4 is 34.1 Å². The third-order valence-electron chi connectivity index (χ3n) is 2.48. The Morgan fingerprint density at radius 3 is 2.71 bits per heavy atom. The van der Waals surface area contributed by atoms with Gasteiger partial charge < -0.3 is 0 Å². The number of thioether (sulfide) groups is 1. The zero-order valence-electron chi connectivity index (χ0n) is 11.8. The van der Waals surface area contributed by atoms with Crippen LogP contribution in [0.4, 0.5) is 9.52 Å². The van der Waals surface area contributed by atoms with Gasteiger partial charge in [0.2, 0.25) is 11.0 Å². The summed E-state index contributed by atoms with van der Waals surface area (Å²) in [5.41, 5.74) is 0. The zero-order chi connectivity index (χ0) is 15.2. The summed E-state index contributed by atoms with van der Waals surface area (Å²) in [5.74, 6) is 0.340. The first kappa shape index (κ1) is 15.9. The summed E-state index contributed by atoms with van der Waals surface area (Å²) in [4.78, 5) is 12.7. The Morgan fingerprint density at radius 1 is 1.33 bits per heavy atom. The molecule has 2 aromatic rings. The Morgan fingerprint density at radius 2 is 2.05 bits per heavy atom. The lowest BCUT2D eigenvalue weighted by Gasteiger charge is -2.01. The van der Waals surface area contributed by atoms with E-state index in [0.717, 1.165) is 16.3 Å². The second-order valence-electron chi connectivity index (χ2n) is 4.89. The van der Waals surface area contributed by atoms with Gasteiger partial charge in [-0.3, -0.25) is 10.1 Å². The van der Waals surface area contributed by atoms with Crippen molar-refractivity contribution in [1.82, 2.24) is 10.2 Å². The van der Waals surface area contributed by atoms with Crippen LogP contribution in [0.25, 0.3) is 0 Å². The fraction of sp³-hybridized carbons (Fsp3) is 0.357. The predicted molar refractivity (Wildman–Crippen MR) is 84.2 cm³/mol. The lowest BCUT2D eigenvalue weighted by molar-refractivity contribution is -0.113. The minimum absolute atomic E-state index is 0.142. The van der Waals surface area contributed by atoms with E-state index in [0.29, 0.717) is 11.0 Å². The van der Waals surface area contributed by atoms with Gasteiger partial charge in [0.25, 0.3) is 0 Å². The molecule has 1 N–H and O–H groups in total. The summed E-state index contributed by atoms with van der Waals surface area (Å²) < 4.78 is 12.8. The molecule has 1 aromatic heterocycles. The molecular formula is C14H16FN3OS2. The molecule has 2 rings (SSSR count). The highest BCUT2D eigenvalue weighted by atomic mass is 32.2. The van der Waals surface area contributed by atoms with Gasteiger partial charge in [-0.25, -0.2) is 4.39 Å². The van der Waals surface area contributed by atoms with Gasteiger partial charge in [-0.15, -0.1) is 22.0 Å². The molecule has 0 atom stereocenters. The molecule has 0 unspecified atom stereocenters. The number of carbonyl (C=O) groups is 1. The van der Waals surface area contributed by atoms with Crippen LogP contribution in [0.5, 0.6) is 0 Å². The van der Waals surface area contributed by atoms with Crippen molar-refractivity contribution in [2.24, 2.45) is 5.92 Å². The van der Waals surface area contributed by atoms with Crippen LogP contribution in [0.3, 0.4) is 0 Å². The molecule has 1 heterocycles. The van der Waals surface area contributed by atoms with E-state index >= 15 is 0 Å². The van der Waals surface area contributed by atoms with Crippen LogP contribution in [0.1, 0.15) is 18.9 Å². The third kappa shape index (κ3) is 5.43. The Labute approximate surface area is 131 Å². The normalized spacial score (nSPS) is 10.9. The molecule has 0 spiro atoms. The number of nitrogens with one attached hydrogen (secondary N) is 1. The Hall–Kier alpha value is -1.47. The van der Waals surface area contributed by atoms with E-state index in [4.69, 9.17) is 0 Å². The molecule has 0 bridgehead atoms. The molecule has 4 nitrogen and oxygen atoms in total. The van der Waals surface area contributed by atoms with Gasteiger partial charge in [-0.1, -0.05) is 25.2 Å². The highest BCUT2D eigenvalue weighted by Crippen LogP contribution is 2.20. The maximum Gasteiger partial charge on any atom is 0.236 e. The number of amides is 1. The summed E-state index contributed by atoms with van der Waals surface area (Å²) in [6.45, 7) is 4.22. The first-order chi connectivity index (χ1) is 10.0. The Bertz CT molecular complexity index is 599. The van der Waals surface area contributed by atoms with Gasteiger partial charge >= 0.3 is 0 Å². The van der Waals surface area contributed by atoms with E-state index in [2.05, 4.69) is 29.4 Å². The van der Waals surface area contributed by atoms with Crippen molar-refractivity contribution in [1.29, 1.82) is 0 Å². The van der Waals surface area contributed by atoms with E-state index in [1.54, 1.807) is 12.1 Å². The second-order valence-corrected chi connectivity index (χ2v) is 7.00. The van der Waals surface area contributed by atoms with Crippen molar-refractivity contribution < 1.29 is 9.18 Å². The molecule has 21 heavy (non-hydrogen) atoms. The number of nitrogens with zero attached hydrogens (tertiary/aromatic N) is 2. The quantitative estimate of drug-likeness (QED) is 0.824. The maximum atomic E-state index is 12.8. The third-order valence-corrected chi connectivity index (χ3v) is 4.35. The van der Waals surface area contributed by atoms with Crippen molar-refractivity contribution in [3.63, 3.8) is 0 Å². The van der Waals surface area contributed by atoms with Crippen molar-refractivity contribution in [2.75, 3.05) is 11.1 Å². The smallest absolute Gasteiger partial charge is 0.236 e. The van der Waals surface area contributed by atoms with E-state index in [-0.39, 0.29) is 17.5 Å². The largest absolute Gasteiger partial charge is 0.300 e. The van der Waals surface area contributed by atoms with Crippen LogP contribution in [0, 0.1) is 11.7 Å². The monoisotopic (exact) mass is 325 g/mol. The van der Waals surface area contributed by atoms with Gasteiger partial charge in [0.1, 0.15) is 10.8 Å². The first-order valence-corrected chi connectivity index (χ1v) is 8.33. The van der Waals surface area contributed by atoms with Crippen LogP contribution in [0.15, 0.2) is 29.2 Å². The van der Waals surface area contributed by atoms with Crippen LogP contribution in [-0.4, -0.2) is 21.9 Å². The number of hydrogen-bond acceptors (Lipinski definition) is 5. The fourth-order valence-electron chi connectivity index (χ4n) is 1.57. The summed E-state index contributed by atoms with van der Waals surface area (Å²) in [6.07, 6.45) is 0.859. The topological polar surface area (TPSA) is 54.9 Å². The molecule has 7 heteroatoms. The lowest BCUT2D eigenvalue weighted by Crippen LogP contribution is -2.13. The minimum Gasteiger partial charge on any atom is -0.300 e. The average Bonchev–Trinajstić information content (AvgIpc) is 2.84. The molecule has 0 aliphatic rings. The molecular weight excluding hydrogens is 309 g/mol. The van der Waals surface area contributed by atoms with Crippen molar-refractivity contribution in [3.8, 4) is 0 Å². The van der Waals surface area contributed by atoms with E-state index < -0.39 is 0 Å². The molecule has 112 valence electrons. The first-order valence-electron chi connectivity index (χ1n) is 6.53. The average molecular weight is 325 g/mol. The van der Waals surface area contributed by atoms with Crippen molar-refractivity contribution in [3.05, 3.63) is 35.1 Å². The number of hydrogen-bond donors (Lipinski definition) is 1. The molecule has 0 aliphatic heterocycles. The summed E-state index contributed by atoms with van der Waals surface area (Å²) in [7, 11) is 0. The van der Waals surface area contributed by atoms with E-state index in [1.807, 2.05) is 0 Å². The van der Waals surface area contributed by atoms with E-state index in [1.165, 1.54) is 35.2 Å². The number of aromatic nitrogens is 2.